The van der Waals surface area contributed by atoms with Crippen molar-refractivity contribution < 1.29 is 14.7 Å². The first-order valence-electron chi connectivity index (χ1n) is 8.75. The Hall–Kier alpha value is -2.85. The number of imidazole rings is 1. The van der Waals surface area contributed by atoms with E-state index in [0.29, 0.717) is 22.8 Å². The molecule has 0 aliphatic carbocycles. The van der Waals surface area contributed by atoms with E-state index >= 15 is 0 Å². The predicted molar refractivity (Wildman–Crippen MR) is 113 cm³/mol. The average Bonchev–Trinajstić information content (AvgIpc) is 3.17. The van der Waals surface area contributed by atoms with Crippen LogP contribution in [0.25, 0.3) is 11.3 Å². The van der Waals surface area contributed by atoms with Gasteiger partial charge < -0.3 is 24.7 Å². The molecule has 1 N–H and O–H groups in total. The van der Waals surface area contributed by atoms with Gasteiger partial charge in [0.25, 0.3) is 0 Å². The minimum Gasteiger partial charge on any atom is -0.732 e. The maximum Gasteiger partial charge on any atom is 0.341 e. The number of nitrogens with zero attached hydrogens (tertiary/aromatic N) is 4. The van der Waals surface area contributed by atoms with Crippen LogP contribution in [0.5, 0.6) is 0 Å². The molecule has 0 amide bonds. The van der Waals surface area contributed by atoms with Crippen LogP contribution in [0.3, 0.4) is 0 Å². The van der Waals surface area contributed by atoms with Crippen LogP contribution in [0.15, 0.2) is 41.6 Å². The number of carbonyl (C=O) groups is 1. The molecule has 0 spiro atoms. The molecule has 1 aromatic carbocycles. The number of pyridine rings is 1. The Kier molecular flexibility index (Phi) is 6.47. The molecule has 158 valence electrons. The Morgan fingerprint density at radius 3 is 2.63 bits per heavy atom. The van der Waals surface area contributed by atoms with Gasteiger partial charge in [-0.15, -0.1) is 0 Å². The van der Waals surface area contributed by atoms with Crippen molar-refractivity contribution >= 4 is 35.0 Å². The van der Waals surface area contributed by atoms with Crippen molar-refractivity contribution in [3.63, 3.8) is 0 Å². The van der Waals surface area contributed by atoms with Crippen LogP contribution in [-0.4, -0.2) is 32.3 Å². The third-order valence-corrected chi connectivity index (χ3v) is 5.18. The fraction of sp³-hybridized carbons (Fsp3) is 0.211. The van der Waals surface area contributed by atoms with Gasteiger partial charge >= 0.3 is 5.97 Å². The first-order valence-corrected chi connectivity index (χ1v) is 9.51. The van der Waals surface area contributed by atoms with Gasteiger partial charge in [-0.3, -0.25) is 9.63 Å². The Morgan fingerprint density at radius 1 is 1.30 bits per heavy atom. The van der Waals surface area contributed by atoms with Crippen LogP contribution in [-0.2, 0) is 17.9 Å². The van der Waals surface area contributed by atoms with Crippen LogP contribution in [0.4, 0.5) is 5.82 Å². The number of halogens is 2. The number of hydrogen-bond acceptors (Lipinski definition) is 6. The minimum atomic E-state index is -1.35. The summed E-state index contributed by atoms with van der Waals surface area (Å²) in [5.74, 6) is -1.31. The highest BCUT2D eigenvalue weighted by atomic mass is 35.5. The molecular weight excluding hydrogens is 435 g/mol. The maximum atomic E-state index is 12.7. The van der Waals surface area contributed by atoms with Crippen molar-refractivity contribution in [3.8, 4) is 11.3 Å². The smallest absolute Gasteiger partial charge is 0.341 e. The number of anilines is 1. The van der Waals surface area contributed by atoms with E-state index in [1.807, 2.05) is 6.92 Å². The molecule has 0 fully saturated rings. The summed E-state index contributed by atoms with van der Waals surface area (Å²) in [7, 11) is 1.22. The monoisotopic (exact) mass is 451 g/mol. The van der Waals surface area contributed by atoms with Crippen molar-refractivity contribution in [2.24, 2.45) is 0 Å². The molecule has 0 radical (unpaired) electrons. The molecule has 30 heavy (non-hydrogen) atoms. The Balaban J connectivity index is 2.19. The van der Waals surface area contributed by atoms with Gasteiger partial charge in [-0.1, -0.05) is 29.3 Å². The lowest BCUT2D eigenvalue weighted by molar-refractivity contribution is 0.0695. The van der Waals surface area contributed by atoms with Crippen molar-refractivity contribution in [2.45, 2.75) is 20.0 Å². The molecule has 3 rings (SSSR count). The molecule has 11 heteroatoms. The standard InChI is InChI=1S/C19H17Cl2N4O5/c1-3-24-12(8-23-9-16(22-10-23)25(29)30-2)7-15(26)17(19(27)28)18(24)11-4-5-13(20)14(21)6-11/h4-7,9-10H,3,8H2,1-2H3,(H,27,28)/q-1. The molecule has 3 aromatic rings. The van der Waals surface area contributed by atoms with E-state index in [1.165, 1.54) is 37.8 Å². The number of aromatic nitrogens is 3. The third-order valence-electron chi connectivity index (χ3n) is 4.44. The average molecular weight is 452 g/mol. The second kappa shape index (κ2) is 8.88. The topological polar surface area (TPSA) is 113 Å². The van der Waals surface area contributed by atoms with Crippen molar-refractivity contribution in [2.75, 3.05) is 12.3 Å². The summed E-state index contributed by atoms with van der Waals surface area (Å²) in [4.78, 5) is 33.1. The van der Waals surface area contributed by atoms with Gasteiger partial charge in [-0.2, -0.15) is 0 Å². The summed E-state index contributed by atoms with van der Waals surface area (Å²) in [5, 5.41) is 22.0. The van der Waals surface area contributed by atoms with E-state index in [9.17, 15) is 19.9 Å². The molecule has 9 nitrogen and oxygen atoms in total. The lowest BCUT2D eigenvalue weighted by atomic mass is 10.0. The van der Waals surface area contributed by atoms with E-state index in [1.54, 1.807) is 15.2 Å². The number of carboxylic acids is 1. The Labute approximate surface area is 181 Å². The van der Waals surface area contributed by atoms with Crippen molar-refractivity contribution in [3.05, 3.63) is 73.5 Å². The van der Waals surface area contributed by atoms with E-state index < -0.39 is 11.4 Å². The zero-order chi connectivity index (χ0) is 22.0. The van der Waals surface area contributed by atoms with E-state index in [-0.39, 0.29) is 33.9 Å². The highest BCUT2D eigenvalue weighted by molar-refractivity contribution is 6.42. The van der Waals surface area contributed by atoms with E-state index in [2.05, 4.69) is 9.82 Å². The lowest BCUT2D eigenvalue weighted by Gasteiger charge is -2.23. The van der Waals surface area contributed by atoms with Gasteiger partial charge in [-0.05, 0) is 19.1 Å². The molecule has 0 saturated heterocycles. The lowest BCUT2D eigenvalue weighted by Crippen LogP contribution is -2.24. The Morgan fingerprint density at radius 2 is 2.03 bits per heavy atom. The van der Waals surface area contributed by atoms with Crippen LogP contribution in [0, 0.1) is 5.21 Å². The fourth-order valence-corrected chi connectivity index (χ4v) is 3.45. The molecule has 0 atom stereocenters. The molecule has 2 aromatic heterocycles. The van der Waals surface area contributed by atoms with Gasteiger partial charge in [0.15, 0.2) is 11.2 Å². The third kappa shape index (κ3) is 4.19. The van der Waals surface area contributed by atoms with Crippen LogP contribution in [0.1, 0.15) is 23.0 Å². The normalized spacial score (nSPS) is 11.0. The second-order valence-electron chi connectivity index (χ2n) is 6.25. The molecular formula is C19H17Cl2N4O5-. The van der Waals surface area contributed by atoms with Gasteiger partial charge in [0.1, 0.15) is 5.56 Å². The molecule has 0 bridgehead atoms. The van der Waals surface area contributed by atoms with Crippen molar-refractivity contribution in [1.82, 2.24) is 14.1 Å². The molecule has 0 aliphatic heterocycles. The van der Waals surface area contributed by atoms with Gasteiger partial charge in [0, 0.05) is 30.1 Å². The Bertz CT molecular complexity index is 1160. The molecule has 0 unspecified atom stereocenters. The summed E-state index contributed by atoms with van der Waals surface area (Å²) < 4.78 is 3.29. The maximum absolute atomic E-state index is 12.7. The number of hydrogen-bond donors (Lipinski definition) is 1. The first-order chi connectivity index (χ1) is 14.3. The minimum absolute atomic E-state index is 0.0368. The van der Waals surface area contributed by atoms with Gasteiger partial charge in [0.05, 0.1) is 35.7 Å². The summed E-state index contributed by atoms with van der Waals surface area (Å²) in [5.41, 5.74) is 0.168. The zero-order valence-corrected chi connectivity index (χ0v) is 17.5. The number of carboxylic acid groups (broad SMARTS) is 1. The molecule has 0 aliphatic rings. The van der Waals surface area contributed by atoms with E-state index in [0.717, 1.165) is 0 Å². The second-order valence-corrected chi connectivity index (χ2v) is 7.06. The highest BCUT2D eigenvalue weighted by Gasteiger charge is 2.22. The largest absolute Gasteiger partial charge is 0.732 e. The number of rotatable bonds is 7. The fourth-order valence-electron chi connectivity index (χ4n) is 3.15. The summed E-state index contributed by atoms with van der Waals surface area (Å²) in [6, 6.07) is 5.93. The van der Waals surface area contributed by atoms with Crippen LogP contribution in [0.2, 0.25) is 10.0 Å². The van der Waals surface area contributed by atoms with Crippen molar-refractivity contribution in [1.29, 1.82) is 0 Å². The zero-order valence-electron chi connectivity index (χ0n) is 16.0. The quantitative estimate of drug-likeness (QED) is 0.545. The van der Waals surface area contributed by atoms with Gasteiger partial charge in [-0.25, -0.2) is 9.78 Å². The molecule has 2 heterocycles. The summed E-state index contributed by atoms with van der Waals surface area (Å²) >= 11 is 12.1. The number of aromatic carboxylic acids is 1. The summed E-state index contributed by atoms with van der Waals surface area (Å²) in [6.45, 7) is 2.37. The van der Waals surface area contributed by atoms with Gasteiger partial charge in [0.2, 0.25) is 0 Å². The van der Waals surface area contributed by atoms with Crippen LogP contribution < -0.4 is 10.7 Å². The van der Waals surface area contributed by atoms with Crippen LogP contribution >= 0.6 is 23.2 Å². The SMILES string of the molecule is CCn1c(Cn2cnc(N([O-])OC)c2)cc(=O)c(C(=O)O)c1-c1ccc(Cl)c(Cl)c1. The first kappa shape index (κ1) is 21.8. The number of benzene rings is 1. The van der Waals surface area contributed by atoms with E-state index in [4.69, 9.17) is 23.2 Å². The summed E-state index contributed by atoms with van der Waals surface area (Å²) in [6.07, 6.45) is 2.86. The predicted octanol–water partition coefficient (Wildman–Crippen LogP) is 3.65. The molecule has 0 saturated carbocycles. The highest BCUT2D eigenvalue weighted by Crippen LogP contribution is 2.30.